The van der Waals surface area contributed by atoms with Crippen molar-refractivity contribution >= 4 is 15.9 Å². The average molecular weight is 309 g/mol. The summed E-state index contributed by atoms with van der Waals surface area (Å²) < 4.78 is 2.90. The third kappa shape index (κ3) is 3.92. The van der Waals surface area contributed by atoms with Gasteiger partial charge in [-0.1, -0.05) is 13.8 Å². The highest BCUT2D eigenvalue weighted by atomic mass is 79.9. The molecule has 0 fully saturated rings. The molecule has 0 amide bonds. The molecule has 0 aliphatic carbocycles. The minimum absolute atomic E-state index is 0.487. The Kier molecular flexibility index (Phi) is 4.49. The van der Waals surface area contributed by atoms with Crippen LogP contribution in [-0.4, -0.2) is 20.8 Å². The molecule has 0 aliphatic heterocycles. The van der Waals surface area contributed by atoms with Crippen molar-refractivity contribution < 1.29 is 0 Å². The molecular weight excluding hydrogens is 292 g/mol. The van der Waals surface area contributed by atoms with Gasteiger partial charge in [0.1, 0.15) is 0 Å². The molecule has 1 N–H and O–H groups in total. The van der Waals surface area contributed by atoms with Crippen molar-refractivity contribution in [1.82, 2.24) is 20.1 Å². The zero-order valence-corrected chi connectivity index (χ0v) is 12.2. The number of nitrogens with zero attached hydrogens (tertiary/aromatic N) is 3. The first-order valence-electron chi connectivity index (χ1n) is 5.98. The van der Waals surface area contributed by atoms with Gasteiger partial charge in [0.2, 0.25) is 0 Å². The lowest BCUT2D eigenvalue weighted by molar-refractivity contribution is 0.588. The van der Waals surface area contributed by atoms with Crippen molar-refractivity contribution in [2.75, 3.05) is 0 Å². The maximum Gasteiger partial charge on any atom is 0.0831 e. The molecule has 2 rings (SSSR count). The summed E-state index contributed by atoms with van der Waals surface area (Å²) in [6.45, 7) is 5.83. The van der Waals surface area contributed by atoms with E-state index in [4.69, 9.17) is 0 Å². The Morgan fingerprint density at radius 2 is 2.17 bits per heavy atom. The van der Waals surface area contributed by atoms with Crippen LogP contribution in [0.5, 0.6) is 0 Å². The molecule has 0 saturated heterocycles. The molecule has 2 aromatic rings. The van der Waals surface area contributed by atoms with Gasteiger partial charge >= 0.3 is 0 Å². The van der Waals surface area contributed by atoms with Crippen molar-refractivity contribution in [2.45, 2.75) is 33.0 Å². The van der Waals surface area contributed by atoms with Gasteiger partial charge in [-0.3, -0.25) is 9.67 Å². The summed E-state index contributed by atoms with van der Waals surface area (Å²) in [4.78, 5) is 4.33. The zero-order chi connectivity index (χ0) is 13.0. The molecule has 18 heavy (non-hydrogen) atoms. The molecule has 2 aromatic heterocycles. The van der Waals surface area contributed by atoms with E-state index in [2.05, 4.69) is 51.4 Å². The predicted molar refractivity (Wildman–Crippen MR) is 75.2 cm³/mol. The van der Waals surface area contributed by atoms with Gasteiger partial charge in [-0.15, -0.1) is 0 Å². The highest BCUT2D eigenvalue weighted by Crippen LogP contribution is 2.08. The number of rotatable bonds is 5. The van der Waals surface area contributed by atoms with E-state index in [9.17, 15) is 0 Å². The fourth-order valence-corrected chi connectivity index (χ4v) is 1.81. The molecule has 96 valence electrons. The van der Waals surface area contributed by atoms with Crippen molar-refractivity contribution in [3.63, 3.8) is 0 Å². The van der Waals surface area contributed by atoms with Crippen LogP contribution in [0.3, 0.4) is 0 Å². The van der Waals surface area contributed by atoms with E-state index >= 15 is 0 Å². The van der Waals surface area contributed by atoms with Crippen LogP contribution < -0.4 is 5.32 Å². The monoisotopic (exact) mass is 308 g/mol. The third-order valence-corrected chi connectivity index (χ3v) is 2.98. The Hall–Kier alpha value is -1.20. The molecule has 2 heterocycles. The van der Waals surface area contributed by atoms with Crippen molar-refractivity contribution in [2.24, 2.45) is 0 Å². The van der Waals surface area contributed by atoms with Crippen molar-refractivity contribution in [3.8, 4) is 0 Å². The Labute approximate surface area is 116 Å². The molecule has 0 radical (unpaired) electrons. The summed E-state index contributed by atoms with van der Waals surface area (Å²) in [6, 6.07) is 4.48. The van der Waals surface area contributed by atoms with Crippen LogP contribution in [0.15, 0.2) is 35.2 Å². The van der Waals surface area contributed by atoms with E-state index in [1.807, 2.05) is 23.0 Å². The molecule has 5 heteroatoms. The molecular formula is C13H17BrN4. The zero-order valence-electron chi connectivity index (χ0n) is 10.6. The van der Waals surface area contributed by atoms with E-state index in [-0.39, 0.29) is 0 Å². The summed E-state index contributed by atoms with van der Waals surface area (Å²) in [5.41, 5.74) is 2.20. The summed E-state index contributed by atoms with van der Waals surface area (Å²) in [6.07, 6.45) is 5.76. The molecule has 0 spiro atoms. The summed E-state index contributed by atoms with van der Waals surface area (Å²) in [5.74, 6) is 0. The van der Waals surface area contributed by atoms with Gasteiger partial charge in [-0.2, -0.15) is 5.10 Å². The smallest absolute Gasteiger partial charge is 0.0831 e. The Balaban J connectivity index is 1.95. The lowest BCUT2D eigenvalue weighted by Crippen LogP contribution is -2.21. The second-order valence-electron chi connectivity index (χ2n) is 4.55. The number of hydrogen-bond donors (Lipinski definition) is 1. The normalized spacial score (nSPS) is 11.1. The highest BCUT2D eigenvalue weighted by molar-refractivity contribution is 9.10. The fourth-order valence-electron chi connectivity index (χ4n) is 1.57. The molecule has 0 saturated carbocycles. The predicted octanol–water partition coefficient (Wildman–Crippen LogP) is 2.59. The topological polar surface area (TPSA) is 42.7 Å². The average Bonchev–Trinajstić information content (AvgIpc) is 2.77. The van der Waals surface area contributed by atoms with E-state index in [0.717, 1.165) is 16.7 Å². The van der Waals surface area contributed by atoms with Gasteiger partial charge in [-0.05, 0) is 28.1 Å². The standard InChI is InChI=1S/C13H17BrN4/c1-10(2)15-5-11-6-17-18(8-11)9-13-4-3-12(14)7-16-13/h3-4,6-8,10,15H,5,9H2,1-2H3. The molecule has 0 unspecified atom stereocenters. The van der Waals surface area contributed by atoms with Crippen LogP contribution in [-0.2, 0) is 13.1 Å². The first kappa shape index (κ1) is 13.2. The summed E-state index contributed by atoms with van der Waals surface area (Å²) >= 11 is 3.38. The quantitative estimate of drug-likeness (QED) is 0.923. The van der Waals surface area contributed by atoms with E-state index < -0.39 is 0 Å². The number of aromatic nitrogens is 3. The van der Waals surface area contributed by atoms with Crippen LogP contribution in [0.2, 0.25) is 0 Å². The van der Waals surface area contributed by atoms with Crippen LogP contribution in [0.25, 0.3) is 0 Å². The van der Waals surface area contributed by atoms with Gasteiger partial charge in [0.15, 0.2) is 0 Å². The summed E-state index contributed by atoms with van der Waals surface area (Å²) in [5, 5.41) is 7.71. The van der Waals surface area contributed by atoms with E-state index in [0.29, 0.717) is 12.6 Å². The van der Waals surface area contributed by atoms with Crippen LogP contribution >= 0.6 is 15.9 Å². The summed E-state index contributed by atoms with van der Waals surface area (Å²) in [7, 11) is 0. The largest absolute Gasteiger partial charge is 0.310 e. The first-order chi connectivity index (χ1) is 8.63. The Morgan fingerprint density at radius 1 is 1.33 bits per heavy atom. The minimum atomic E-state index is 0.487. The van der Waals surface area contributed by atoms with Crippen LogP contribution in [0.1, 0.15) is 25.1 Å². The van der Waals surface area contributed by atoms with Crippen molar-refractivity contribution in [1.29, 1.82) is 0 Å². The van der Waals surface area contributed by atoms with E-state index in [1.165, 1.54) is 5.56 Å². The van der Waals surface area contributed by atoms with Crippen LogP contribution in [0.4, 0.5) is 0 Å². The number of nitrogens with one attached hydrogen (secondary N) is 1. The fraction of sp³-hybridized carbons (Fsp3) is 0.385. The SMILES string of the molecule is CC(C)NCc1cnn(Cc2ccc(Br)cn2)c1. The highest BCUT2D eigenvalue weighted by Gasteiger charge is 2.01. The maximum atomic E-state index is 4.34. The van der Waals surface area contributed by atoms with Gasteiger partial charge < -0.3 is 5.32 Å². The van der Waals surface area contributed by atoms with Crippen molar-refractivity contribution in [3.05, 3.63) is 46.5 Å². The molecule has 0 aliphatic rings. The van der Waals surface area contributed by atoms with Crippen LogP contribution in [0, 0.1) is 0 Å². The number of hydrogen-bond acceptors (Lipinski definition) is 3. The second kappa shape index (κ2) is 6.11. The lowest BCUT2D eigenvalue weighted by Gasteiger charge is -2.05. The Morgan fingerprint density at radius 3 is 2.83 bits per heavy atom. The Bertz CT molecular complexity index is 490. The number of pyridine rings is 1. The molecule has 4 nitrogen and oxygen atoms in total. The van der Waals surface area contributed by atoms with Gasteiger partial charge in [0, 0.05) is 35.0 Å². The molecule has 0 atom stereocenters. The molecule has 0 aromatic carbocycles. The third-order valence-electron chi connectivity index (χ3n) is 2.51. The van der Waals surface area contributed by atoms with Gasteiger partial charge in [0.25, 0.3) is 0 Å². The first-order valence-corrected chi connectivity index (χ1v) is 6.78. The van der Waals surface area contributed by atoms with Gasteiger partial charge in [-0.25, -0.2) is 0 Å². The lowest BCUT2D eigenvalue weighted by atomic mass is 10.3. The van der Waals surface area contributed by atoms with E-state index in [1.54, 1.807) is 6.20 Å². The maximum absolute atomic E-state index is 4.34. The minimum Gasteiger partial charge on any atom is -0.310 e. The van der Waals surface area contributed by atoms with Gasteiger partial charge in [0.05, 0.1) is 18.4 Å². The number of halogens is 1. The second-order valence-corrected chi connectivity index (χ2v) is 5.47. The molecule has 0 bridgehead atoms.